The molecule has 0 radical (unpaired) electrons. The molecule has 0 atom stereocenters. The molecule has 0 aliphatic carbocycles. The van der Waals surface area contributed by atoms with Gasteiger partial charge in [-0.15, -0.1) is 0 Å². The molecule has 0 saturated heterocycles. The zero-order chi connectivity index (χ0) is 17.8. The van der Waals surface area contributed by atoms with Crippen LogP contribution in [0, 0.1) is 0 Å². The van der Waals surface area contributed by atoms with Gasteiger partial charge in [-0.2, -0.15) is 0 Å². The molecule has 3 aromatic carbocycles. The van der Waals surface area contributed by atoms with E-state index in [1.165, 1.54) is 0 Å². The van der Waals surface area contributed by atoms with Crippen LogP contribution in [0.25, 0.3) is 10.8 Å². The highest BCUT2D eigenvalue weighted by atomic mass is 16.6. The van der Waals surface area contributed by atoms with Gasteiger partial charge in [0.15, 0.2) is 11.5 Å². The van der Waals surface area contributed by atoms with Gasteiger partial charge in [-0.1, -0.05) is 49.0 Å². The Morgan fingerprint density at radius 2 is 1.56 bits per heavy atom. The Balaban J connectivity index is 2.18. The van der Waals surface area contributed by atoms with E-state index in [4.69, 9.17) is 14.2 Å². The summed E-state index contributed by atoms with van der Waals surface area (Å²) in [6.45, 7) is 5.24. The predicted molar refractivity (Wildman–Crippen MR) is 97.5 cm³/mol. The van der Waals surface area contributed by atoms with E-state index in [0.29, 0.717) is 28.6 Å². The summed E-state index contributed by atoms with van der Waals surface area (Å²) in [4.78, 5) is 12.1. The first-order chi connectivity index (χ1) is 12.1. The van der Waals surface area contributed by atoms with Crippen molar-refractivity contribution in [2.75, 3.05) is 7.11 Å². The average Bonchev–Trinajstić information content (AvgIpc) is 2.64. The highest BCUT2D eigenvalue weighted by Crippen LogP contribution is 2.43. The molecule has 0 fully saturated rings. The molecule has 0 N–H and O–H groups in total. The highest BCUT2D eigenvalue weighted by molar-refractivity contribution is 5.99. The number of esters is 1. The summed E-state index contributed by atoms with van der Waals surface area (Å²) in [7, 11) is 1.59. The molecule has 3 rings (SSSR count). The van der Waals surface area contributed by atoms with E-state index in [2.05, 4.69) is 6.58 Å². The Bertz CT molecular complexity index is 929. The summed E-state index contributed by atoms with van der Waals surface area (Å²) in [5, 5.41) is 1.55. The lowest BCUT2D eigenvalue weighted by atomic mass is 10.1. The van der Waals surface area contributed by atoms with E-state index in [-0.39, 0.29) is 0 Å². The maximum atomic E-state index is 12.1. The number of rotatable bonds is 5. The number of para-hydroxylation sites is 1. The van der Waals surface area contributed by atoms with Gasteiger partial charge >= 0.3 is 5.97 Å². The normalized spacial score (nSPS) is 10.3. The number of methoxy groups -OCH3 is 1. The fraction of sp³-hybridized carbons (Fsp3) is 0.0952. The monoisotopic (exact) mass is 334 g/mol. The summed E-state index contributed by atoms with van der Waals surface area (Å²) in [6, 6.07) is 18.5. The summed E-state index contributed by atoms with van der Waals surface area (Å²) >= 11 is 0. The number of benzene rings is 3. The zero-order valence-electron chi connectivity index (χ0n) is 14.1. The second kappa shape index (κ2) is 7.09. The average molecular weight is 334 g/mol. The number of carbonyl (C=O) groups is 1. The van der Waals surface area contributed by atoms with Gasteiger partial charge in [0.25, 0.3) is 0 Å². The third kappa shape index (κ3) is 3.48. The Morgan fingerprint density at radius 1 is 0.920 bits per heavy atom. The number of hydrogen-bond acceptors (Lipinski definition) is 4. The minimum Gasteiger partial charge on any atom is -0.496 e. The van der Waals surface area contributed by atoms with Crippen LogP contribution in [-0.2, 0) is 4.79 Å². The molecule has 0 amide bonds. The van der Waals surface area contributed by atoms with Crippen molar-refractivity contribution < 1.29 is 19.0 Å². The molecule has 4 nitrogen and oxygen atoms in total. The van der Waals surface area contributed by atoms with E-state index in [9.17, 15) is 4.79 Å². The molecule has 0 spiro atoms. The largest absolute Gasteiger partial charge is 0.496 e. The topological polar surface area (TPSA) is 44.8 Å². The molecular weight excluding hydrogens is 316 g/mol. The third-order valence-corrected chi connectivity index (χ3v) is 3.66. The molecular formula is C21H18O4. The molecule has 0 aromatic heterocycles. The van der Waals surface area contributed by atoms with Crippen LogP contribution in [0.4, 0.5) is 0 Å². The Kier molecular flexibility index (Phi) is 4.70. The van der Waals surface area contributed by atoms with Gasteiger partial charge < -0.3 is 14.2 Å². The minimum atomic E-state index is -0.506. The molecule has 0 heterocycles. The molecule has 0 bridgehead atoms. The van der Waals surface area contributed by atoms with Crippen molar-refractivity contribution in [1.82, 2.24) is 0 Å². The second-order valence-corrected chi connectivity index (χ2v) is 5.54. The number of fused-ring (bicyclic) bond motifs is 1. The Hall–Kier alpha value is -3.27. The molecule has 25 heavy (non-hydrogen) atoms. The van der Waals surface area contributed by atoms with E-state index < -0.39 is 5.97 Å². The summed E-state index contributed by atoms with van der Waals surface area (Å²) in [5.74, 6) is 1.50. The van der Waals surface area contributed by atoms with Crippen molar-refractivity contribution in [2.24, 2.45) is 0 Å². The Labute approximate surface area is 146 Å². The van der Waals surface area contributed by atoms with Gasteiger partial charge in [0, 0.05) is 22.4 Å². The van der Waals surface area contributed by atoms with Crippen LogP contribution >= 0.6 is 0 Å². The summed E-state index contributed by atoms with van der Waals surface area (Å²) < 4.78 is 17.0. The quantitative estimate of drug-likeness (QED) is 0.369. The summed E-state index contributed by atoms with van der Waals surface area (Å²) in [6.07, 6.45) is 0. The van der Waals surface area contributed by atoms with Crippen LogP contribution in [0.15, 0.2) is 72.8 Å². The second-order valence-electron chi connectivity index (χ2n) is 5.54. The van der Waals surface area contributed by atoms with Crippen LogP contribution < -0.4 is 14.2 Å². The molecule has 4 heteroatoms. The maximum Gasteiger partial charge on any atom is 0.338 e. The Morgan fingerprint density at radius 3 is 2.20 bits per heavy atom. The first-order valence-corrected chi connectivity index (χ1v) is 7.80. The van der Waals surface area contributed by atoms with Gasteiger partial charge in [0.1, 0.15) is 11.5 Å². The van der Waals surface area contributed by atoms with Crippen LogP contribution in [0.2, 0.25) is 0 Å². The van der Waals surface area contributed by atoms with E-state index in [0.717, 1.165) is 10.8 Å². The van der Waals surface area contributed by atoms with Gasteiger partial charge in [0.2, 0.25) is 0 Å². The van der Waals surface area contributed by atoms with Crippen molar-refractivity contribution in [3.63, 3.8) is 0 Å². The maximum absolute atomic E-state index is 12.1. The standard InChI is InChI=1S/C21H18O4/c1-14(2)21(22)25-20-17-12-8-7-11-16(17)18(23-3)13-19(20)24-15-9-5-4-6-10-15/h4-13H,1H2,2-3H3. The molecule has 126 valence electrons. The molecule has 0 unspecified atom stereocenters. The van der Waals surface area contributed by atoms with Crippen molar-refractivity contribution in [2.45, 2.75) is 6.92 Å². The smallest absolute Gasteiger partial charge is 0.338 e. The predicted octanol–water partition coefficient (Wildman–Crippen LogP) is 5.12. The fourth-order valence-electron chi connectivity index (χ4n) is 2.44. The van der Waals surface area contributed by atoms with Gasteiger partial charge in [-0.3, -0.25) is 0 Å². The fourth-order valence-corrected chi connectivity index (χ4v) is 2.44. The first kappa shape index (κ1) is 16.6. The lowest BCUT2D eigenvalue weighted by Gasteiger charge is -2.16. The van der Waals surface area contributed by atoms with Crippen molar-refractivity contribution in [3.05, 3.63) is 72.8 Å². The van der Waals surface area contributed by atoms with Gasteiger partial charge in [-0.05, 0) is 19.1 Å². The minimum absolute atomic E-state index is 0.311. The number of ether oxygens (including phenoxy) is 3. The van der Waals surface area contributed by atoms with E-state index in [1.54, 1.807) is 20.1 Å². The molecule has 0 saturated carbocycles. The lowest BCUT2D eigenvalue weighted by molar-refractivity contribution is -0.130. The van der Waals surface area contributed by atoms with E-state index in [1.807, 2.05) is 54.6 Å². The van der Waals surface area contributed by atoms with Crippen molar-refractivity contribution in [1.29, 1.82) is 0 Å². The van der Waals surface area contributed by atoms with Crippen molar-refractivity contribution in [3.8, 4) is 23.0 Å². The molecule has 0 aliphatic heterocycles. The van der Waals surface area contributed by atoms with Crippen LogP contribution in [0.5, 0.6) is 23.0 Å². The van der Waals surface area contributed by atoms with Crippen LogP contribution in [0.3, 0.4) is 0 Å². The molecule has 0 aliphatic rings. The molecule has 3 aromatic rings. The van der Waals surface area contributed by atoms with Crippen LogP contribution in [0.1, 0.15) is 6.92 Å². The first-order valence-electron chi connectivity index (χ1n) is 7.80. The lowest BCUT2D eigenvalue weighted by Crippen LogP contribution is -2.09. The SMILES string of the molecule is C=C(C)C(=O)Oc1c(Oc2ccccc2)cc(OC)c2ccccc12. The van der Waals surface area contributed by atoms with Crippen LogP contribution in [-0.4, -0.2) is 13.1 Å². The van der Waals surface area contributed by atoms with Crippen molar-refractivity contribution >= 4 is 16.7 Å². The number of hydrogen-bond donors (Lipinski definition) is 0. The summed E-state index contributed by atoms with van der Waals surface area (Å²) in [5.41, 5.74) is 0.311. The van der Waals surface area contributed by atoms with Gasteiger partial charge in [-0.25, -0.2) is 4.79 Å². The number of carbonyl (C=O) groups excluding carboxylic acids is 1. The highest BCUT2D eigenvalue weighted by Gasteiger charge is 2.19. The van der Waals surface area contributed by atoms with Gasteiger partial charge in [0.05, 0.1) is 7.11 Å². The van der Waals surface area contributed by atoms with E-state index >= 15 is 0 Å². The zero-order valence-corrected chi connectivity index (χ0v) is 14.1. The third-order valence-electron chi connectivity index (χ3n) is 3.66.